The Labute approximate surface area is 126 Å². The van der Waals surface area contributed by atoms with E-state index in [1.807, 2.05) is 49.0 Å². The topological polar surface area (TPSA) is 63.0 Å². The van der Waals surface area contributed by atoms with Crippen molar-refractivity contribution in [1.29, 1.82) is 0 Å². The van der Waals surface area contributed by atoms with Crippen LogP contribution >= 0.6 is 0 Å². The van der Waals surface area contributed by atoms with E-state index in [1.54, 1.807) is 0 Å². The molecule has 2 aromatic rings. The summed E-state index contributed by atoms with van der Waals surface area (Å²) in [6.45, 7) is 4.67. The van der Waals surface area contributed by atoms with E-state index in [9.17, 15) is 5.11 Å². The van der Waals surface area contributed by atoms with E-state index in [0.29, 0.717) is 6.54 Å². The van der Waals surface area contributed by atoms with Gasteiger partial charge in [-0.15, -0.1) is 0 Å². The summed E-state index contributed by atoms with van der Waals surface area (Å²) in [6, 6.07) is 9.99. The molecule has 1 unspecified atom stereocenters. The fourth-order valence-electron chi connectivity index (χ4n) is 2.51. The predicted octanol–water partition coefficient (Wildman–Crippen LogP) is 1.51. The highest BCUT2D eigenvalue weighted by atomic mass is 16.3. The molecule has 114 valence electrons. The zero-order chi connectivity index (χ0) is 15.3. The zero-order valence-electron chi connectivity index (χ0n) is 13.0. The second-order valence-electron chi connectivity index (χ2n) is 5.17. The Balaban J connectivity index is 2.39. The maximum Gasteiger partial charge on any atom is 0.150 e. The van der Waals surface area contributed by atoms with Crippen molar-refractivity contribution in [1.82, 2.24) is 20.1 Å². The van der Waals surface area contributed by atoms with Gasteiger partial charge in [0.2, 0.25) is 0 Å². The SMILES string of the molecule is CCc1nc(CC)n(CC(CO)(NC)c2ccccc2)n1. The summed E-state index contributed by atoms with van der Waals surface area (Å²) in [4.78, 5) is 4.54. The predicted molar refractivity (Wildman–Crippen MR) is 83.0 cm³/mol. The number of likely N-dealkylation sites (N-methyl/N-ethyl adjacent to an activating group) is 1. The molecular weight excluding hydrogens is 264 g/mol. The highest BCUT2D eigenvalue weighted by Gasteiger charge is 2.31. The minimum Gasteiger partial charge on any atom is -0.394 e. The molecule has 1 atom stereocenters. The zero-order valence-corrected chi connectivity index (χ0v) is 13.0. The Morgan fingerprint density at radius 3 is 2.43 bits per heavy atom. The molecule has 0 fully saturated rings. The molecule has 2 N–H and O–H groups in total. The molecule has 0 spiro atoms. The van der Waals surface area contributed by atoms with Crippen LogP contribution in [-0.2, 0) is 24.9 Å². The largest absolute Gasteiger partial charge is 0.394 e. The van der Waals surface area contributed by atoms with Gasteiger partial charge in [-0.2, -0.15) is 5.10 Å². The van der Waals surface area contributed by atoms with Crippen LogP contribution in [0.1, 0.15) is 31.1 Å². The fraction of sp³-hybridized carbons (Fsp3) is 0.500. The Hall–Kier alpha value is -1.72. The first-order valence-electron chi connectivity index (χ1n) is 7.47. The summed E-state index contributed by atoms with van der Waals surface area (Å²) in [5, 5.41) is 17.8. The minimum atomic E-state index is -0.552. The van der Waals surface area contributed by atoms with Gasteiger partial charge < -0.3 is 10.4 Å². The Bertz CT molecular complexity index is 561. The van der Waals surface area contributed by atoms with E-state index in [0.717, 1.165) is 30.1 Å². The monoisotopic (exact) mass is 288 g/mol. The molecule has 0 aliphatic heterocycles. The van der Waals surface area contributed by atoms with E-state index in [-0.39, 0.29) is 6.61 Å². The quantitative estimate of drug-likeness (QED) is 0.810. The molecule has 2 rings (SSSR count). The van der Waals surface area contributed by atoms with Gasteiger partial charge in [0.05, 0.1) is 18.7 Å². The molecule has 0 aliphatic carbocycles. The molecule has 1 heterocycles. The van der Waals surface area contributed by atoms with E-state index < -0.39 is 5.54 Å². The number of nitrogens with zero attached hydrogens (tertiary/aromatic N) is 3. The van der Waals surface area contributed by atoms with Crippen molar-refractivity contribution < 1.29 is 5.11 Å². The van der Waals surface area contributed by atoms with Crippen LogP contribution in [0.2, 0.25) is 0 Å². The number of aromatic nitrogens is 3. The van der Waals surface area contributed by atoms with Gasteiger partial charge in [0.15, 0.2) is 5.82 Å². The van der Waals surface area contributed by atoms with Crippen molar-refractivity contribution in [3.63, 3.8) is 0 Å². The van der Waals surface area contributed by atoms with Gasteiger partial charge in [-0.25, -0.2) is 9.67 Å². The second kappa shape index (κ2) is 6.83. The maximum atomic E-state index is 9.99. The molecule has 5 heteroatoms. The number of hydrogen-bond donors (Lipinski definition) is 2. The van der Waals surface area contributed by atoms with Crippen molar-refractivity contribution in [2.45, 2.75) is 38.8 Å². The van der Waals surface area contributed by atoms with Crippen molar-refractivity contribution in [3.8, 4) is 0 Å². The first-order chi connectivity index (χ1) is 10.2. The number of hydrogen-bond acceptors (Lipinski definition) is 4. The first kappa shape index (κ1) is 15.7. The molecular formula is C16H24N4O. The number of benzene rings is 1. The number of aliphatic hydroxyl groups is 1. The highest BCUT2D eigenvalue weighted by Crippen LogP contribution is 2.23. The molecule has 0 saturated carbocycles. The third-order valence-electron chi connectivity index (χ3n) is 3.92. The van der Waals surface area contributed by atoms with Gasteiger partial charge in [0, 0.05) is 12.8 Å². The van der Waals surface area contributed by atoms with Gasteiger partial charge in [0.1, 0.15) is 5.82 Å². The van der Waals surface area contributed by atoms with E-state index in [2.05, 4.69) is 22.3 Å². The molecule has 5 nitrogen and oxygen atoms in total. The number of rotatable bonds is 7. The van der Waals surface area contributed by atoms with E-state index >= 15 is 0 Å². The third-order valence-corrected chi connectivity index (χ3v) is 3.92. The van der Waals surface area contributed by atoms with Crippen LogP contribution in [0.15, 0.2) is 30.3 Å². The molecule has 0 saturated heterocycles. The van der Waals surface area contributed by atoms with Crippen molar-refractivity contribution in [2.75, 3.05) is 13.7 Å². The number of aryl methyl sites for hydroxylation is 2. The normalized spacial score (nSPS) is 14.1. The molecule has 1 aromatic carbocycles. The summed E-state index contributed by atoms with van der Waals surface area (Å²) < 4.78 is 1.92. The van der Waals surface area contributed by atoms with Crippen molar-refractivity contribution in [3.05, 3.63) is 47.5 Å². The second-order valence-corrected chi connectivity index (χ2v) is 5.17. The lowest BCUT2D eigenvalue weighted by Gasteiger charge is -2.32. The van der Waals surface area contributed by atoms with Gasteiger partial charge in [0.25, 0.3) is 0 Å². The number of nitrogens with one attached hydrogen (secondary N) is 1. The van der Waals surface area contributed by atoms with E-state index in [4.69, 9.17) is 0 Å². The van der Waals surface area contributed by atoms with Crippen LogP contribution in [0.3, 0.4) is 0 Å². The Morgan fingerprint density at radius 2 is 1.90 bits per heavy atom. The van der Waals surface area contributed by atoms with Crippen LogP contribution in [0, 0.1) is 0 Å². The van der Waals surface area contributed by atoms with Gasteiger partial charge >= 0.3 is 0 Å². The lowest BCUT2D eigenvalue weighted by molar-refractivity contribution is 0.144. The lowest BCUT2D eigenvalue weighted by Crippen LogP contribution is -2.47. The Morgan fingerprint density at radius 1 is 1.19 bits per heavy atom. The maximum absolute atomic E-state index is 9.99. The number of aliphatic hydroxyl groups excluding tert-OH is 1. The molecule has 0 aliphatic rings. The summed E-state index contributed by atoms with van der Waals surface area (Å²) in [5.41, 5.74) is 0.495. The molecule has 1 aromatic heterocycles. The van der Waals surface area contributed by atoms with Gasteiger partial charge in [-0.1, -0.05) is 44.2 Å². The molecule has 0 amide bonds. The molecule has 0 bridgehead atoms. The van der Waals surface area contributed by atoms with Crippen LogP contribution in [0.25, 0.3) is 0 Å². The average Bonchev–Trinajstić information content (AvgIpc) is 2.95. The van der Waals surface area contributed by atoms with Crippen LogP contribution in [0.5, 0.6) is 0 Å². The average molecular weight is 288 g/mol. The summed E-state index contributed by atoms with van der Waals surface area (Å²) in [5.74, 6) is 1.80. The van der Waals surface area contributed by atoms with Crippen LogP contribution in [-0.4, -0.2) is 33.5 Å². The summed E-state index contributed by atoms with van der Waals surface area (Å²) >= 11 is 0. The summed E-state index contributed by atoms with van der Waals surface area (Å²) in [7, 11) is 1.87. The van der Waals surface area contributed by atoms with Crippen LogP contribution < -0.4 is 5.32 Å². The standard InChI is InChI=1S/C16H24N4O/c1-4-14-18-15(5-2)20(19-14)11-16(12-21,17-3)13-9-7-6-8-10-13/h6-10,17,21H,4-5,11-12H2,1-3H3. The first-order valence-corrected chi connectivity index (χ1v) is 7.47. The molecule has 0 radical (unpaired) electrons. The fourth-order valence-corrected chi connectivity index (χ4v) is 2.51. The molecule has 21 heavy (non-hydrogen) atoms. The highest BCUT2D eigenvalue weighted by molar-refractivity contribution is 5.24. The minimum absolute atomic E-state index is 0.00200. The Kier molecular flexibility index (Phi) is 5.09. The summed E-state index contributed by atoms with van der Waals surface area (Å²) in [6.07, 6.45) is 1.64. The third kappa shape index (κ3) is 3.14. The van der Waals surface area contributed by atoms with Crippen molar-refractivity contribution in [2.24, 2.45) is 0 Å². The van der Waals surface area contributed by atoms with E-state index in [1.165, 1.54) is 0 Å². The van der Waals surface area contributed by atoms with Crippen molar-refractivity contribution >= 4 is 0 Å². The van der Waals surface area contributed by atoms with Gasteiger partial charge in [-0.3, -0.25) is 0 Å². The smallest absolute Gasteiger partial charge is 0.150 e. The lowest BCUT2D eigenvalue weighted by atomic mass is 9.90. The van der Waals surface area contributed by atoms with Crippen LogP contribution in [0.4, 0.5) is 0 Å². The van der Waals surface area contributed by atoms with Gasteiger partial charge in [-0.05, 0) is 12.6 Å².